The second-order valence-corrected chi connectivity index (χ2v) is 2.59. The third kappa shape index (κ3) is 1.16. The van der Waals surface area contributed by atoms with Crippen LogP contribution in [0.4, 0.5) is 5.82 Å². The minimum absolute atomic E-state index is 0.379. The molecule has 1 aromatic heterocycles. The fourth-order valence-corrected chi connectivity index (χ4v) is 1.04. The first-order valence-corrected chi connectivity index (χ1v) is 3.45. The first-order chi connectivity index (χ1) is 4.75. The summed E-state index contributed by atoms with van der Waals surface area (Å²) in [6, 6.07) is 1.75. The van der Waals surface area contributed by atoms with Gasteiger partial charge in [-0.05, 0) is 22.0 Å². The molecule has 0 aliphatic heterocycles. The van der Waals surface area contributed by atoms with Crippen LogP contribution in [-0.2, 0) is 0 Å². The van der Waals surface area contributed by atoms with E-state index in [-0.39, 0.29) is 0 Å². The molecule has 0 aliphatic rings. The molecule has 3 N–H and O–H groups in total. The van der Waals surface area contributed by atoms with Gasteiger partial charge < -0.3 is 11.1 Å². The van der Waals surface area contributed by atoms with Crippen molar-refractivity contribution in [3.05, 3.63) is 22.3 Å². The standard InChI is InChI=1S/C6H6BrN3/c7-5-1-2-10-6(9)4(5)3-8/h1-3,8H,(H2,9,10). The molecule has 10 heavy (non-hydrogen) atoms. The number of nitrogens with zero attached hydrogens (tertiary/aromatic N) is 1. The van der Waals surface area contributed by atoms with Crippen molar-refractivity contribution < 1.29 is 0 Å². The zero-order valence-electron chi connectivity index (χ0n) is 5.13. The van der Waals surface area contributed by atoms with Gasteiger partial charge in [0.1, 0.15) is 5.82 Å². The van der Waals surface area contributed by atoms with E-state index >= 15 is 0 Å². The average molecular weight is 200 g/mol. The number of hydrogen-bond acceptors (Lipinski definition) is 3. The van der Waals surface area contributed by atoms with Gasteiger partial charge in [-0.3, -0.25) is 0 Å². The summed E-state index contributed by atoms with van der Waals surface area (Å²) in [5, 5.41) is 6.95. The molecule has 0 amide bonds. The van der Waals surface area contributed by atoms with Gasteiger partial charge in [-0.25, -0.2) is 4.98 Å². The fraction of sp³-hybridized carbons (Fsp3) is 0. The van der Waals surface area contributed by atoms with Crippen molar-refractivity contribution >= 4 is 28.0 Å². The largest absolute Gasteiger partial charge is 0.383 e. The van der Waals surface area contributed by atoms with Crippen LogP contribution in [-0.4, -0.2) is 11.2 Å². The lowest BCUT2D eigenvalue weighted by molar-refractivity contribution is 1.31. The second-order valence-electron chi connectivity index (χ2n) is 1.74. The zero-order valence-corrected chi connectivity index (χ0v) is 6.72. The minimum Gasteiger partial charge on any atom is -0.383 e. The number of nitrogens with two attached hydrogens (primary N) is 1. The van der Waals surface area contributed by atoms with Gasteiger partial charge >= 0.3 is 0 Å². The Morgan fingerprint density at radius 3 is 2.80 bits per heavy atom. The topological polar surface area (TPSA) is 62.8 Å². The minimum atomic E-state index is 0.379. The number of halogens is 1. The Balaban J connectivity index is 3.30. The van der Waals surface area contributed by atoms with Gasteiger partial charge in [0.15, 0.2) is 0 Å². The molecule has 0 aromatic carbocycles. The van der Waals surface area contributed by atoms with E-state index < -0.39 is 0 Å². The quantitative estimate of drug-likeness (QED) is 0.673. The molecule has 3 nitrogen and oxygen atoms in total. The monoisotopic (exact) mass is 199 g/mol. The third-order valence-corrected chi connectivity index (χ3v) is 1.80. The van der Waals surface area contributed by atoms with Gasteiger partial charge in [-0.15, -0.1) is 0 Å². The molecule has 1 rings (SSSR count). The Kier molecular flexibility index (Phi) is 2.01. The summed E-state index contributed by atoms with van der Waals surface area (Å²) in [6.07, 6.45) is 2.76. The third-order valence-electron chi connectivity index (χ3n) is 1.11. The highest BCUT2D eigenvalue weighted by molar-refractivity contribution is 9.10. The highest BCUT2D eigenvalue weighted by Gasteiger charge is 1.99. The van der Waals surface area contributed by atoms with E-state index in [0.29, 0.717) is 11.4 Å². The predicted molar refractivity (Wildman–Crippen MR) is 44.2 cm³/mol. The van der Waals surface area contributed by atoms with Gasteiger partial charge in [0.25, 0.3) is 0 Å². The van der Waals surface area contributed by atoms with Crippen LogP contribution in [0, 0.1) is 5.41 Å². The van der Waals surface area contributed by atoms with Crippen LogP contribution >= 0.6 is 15.9 Å². The normalized spacial score (nSPS) is 9.30. The number of pyridine rings is 1. The van der Waals surface area contributed by atoms with E-state index in [0.717, 1.165) is 4.47 Å². The molecule has 0 spiro atoms. The Hall–Kier alpha value is -0.900. The second kappa shape index (κ2) is 2.79. The molecule has 0 aliphatic carbocycles. The van der Waals surface area contributed by atoms with E-state index in [9.17, 15) is 0 Å². The van der Waals surface area contributed by atoms with Crippen molar-refractivity contribution in [3.63, 3.8) is 0 Å². The van der Waals surface area contributed by atoms with Crippen molar-refractivity contribution in [1.29, 1.82) is 5.41 Å². The van der Waals surface area contributed by atoms with Gasteiger partial charge in [0, 0.05) is 22.4 Å². The summed E-state index contributed by atoms with van der Waals surface area (Å²) in [6.45, 7) is 0. The summed E-state index contributed by atoms with van der Waals surface area (Å²) in [5.41, 5.74) is 6.07. The highest BCUT2D eigenvalue weighted by Crippen LogP contribution is 2.17. The Morgan fingerprint density at radius 2 is 2.40 bits per heavy atom. The summed E-state index contributed by atoms with van der Waals surface area (Å²) in [5.74, 6) is 0.379. The number of nitrogen functional groups attached to an aromatic ring is 1. The average Bonchev–Trinajstić information content (AvgIpc) is 1.88. The smallest absolute Gasteiger partial charge is 0.133 e. The van der Waals surface area contributed by atoms with Crippen LogP contribution in [0.15, 0.2) is 16.7 Å². The van der Waals surface area contributed by atoms with E-state index in [2.05, 4.69) is 20.9 Å². The molecule has 0 saturated carbocycles. The van der Waals surface area contributed by atoms with Gasteiger partial charge in [-0.1, -0.05) is 0 Å². The number of rotatable bonds is 1. The summed E-state index contributed by atoms with van der Waals surface area (Å²) in [7, 11) is 0. The van der Waals surface area contributed by atoms with Crippen LogP contribution < -0.4 is 5.73 Å². The Bertz CT molecular complexity index is 239. The van der Waals surface area contributed by atoms with E-state index in [1.807, 2.05) is 0 Å². The number of anilines is 1. The zero-order chi connectivity index (χ0) is 7.56. The van der Waals surface area contributed by atoms with Crippen molar-refractivity contribution in [2.75, 3.05) is 5.73 Å². The number of hydrogen-bond donors (Lipinski definition) is 2. The maximum Gasteiger partial charge on any atom is 0.133 e. The van der Waals surface area contributed by atoms with Crippen LogP contribution in [0.3, 0.4) is 0 Å². The summed E-state index contributed by atoms with van der Waals surface area (Å²) in [4.78, 5) is 3.81. The van der Waals surface area contributed by atoms with Crippen molar-refractivity contribution in [2.45, 2.75) is 0 Å². The van der Waals surface area contributed by atoms with Gasteiger partial charge in [-0.2, -0.15) is 0 Å². The predicted octanol–water partition coefficient (Wildman–Crippen LogP) is 1.42. The van der Waals surface area contributed by atoms with Crippen molar-refractivity contribution in [1.82, 2.24) is 4.98 Å². The van der Waals surface area contributed by atoms with Crippen LogP contribution in [0.1, 0.15) is 5.56 Å². The fourth-order valence-electron chi connectivity index (χ4n) is 0.608. The van der Waals surface area contributed by atoms with E-state index in [1.54, 1.807) is 12.3 Å². The lowest BCUT2D eigenvalue weighted by Crippen LogP contribution is -1.96. The highest BCUT2D eigenvalue weighted by atomic mass is 79.9. The SMILES string of the molecule is N=Cc1c(Br)ccnc1N. The molecular formula is C6H6BrN3. The molecule has 0 fully saturated rings. The molecule has 1 heterocycles. The Labute approximate surface area is 66.9 Å². The molecule has 52 valence electrons. The van der Waals surface area contributed by atoms with Crippen LogP contribution in [0.5, 0.6) is 0 Å². The molecule has 1 aromatic rings. The Morgan fingerprint density at radius 1 is 1.70 bits per heavy atom. The van der Waals surface area contributed by atoms with Gasteiger partial charge in [0.05, 0.1) is 0 Å². The maximum absolute atomic E-state index is 6.95. The number of nitrogens with one attached hydrogen (secondary N) is 1. The first kappa shape index (κ1) is 7.21. The molecule has 0 bridgehead atoms. The molecule has 4 heteroatoms. The number of aromatic nitrogens is 1. The molecule has 0 radical (unpaired) electrons. The summed E-state index contributed by atoms with van der Waals surface area (Å²) >= 11 is 3.24. The summed E-state index contributed by atoms with van der Waals surface area (Å²) < 4.78 is 0.801. The van der Waals surface area contributed by atoms with Gasteiger partial charge in [0.2, 0.25) is 0 Å². The lowest BCUT2D eigenvalue weighted by Gasteiger charge is -1.98. The van der Waals surface area contributed by atoms with Crippen LogP contribution in [0.25, 0.3) is 0 Å². The molecule has 0 atom stereocenters. The van der Waals surface area contributed by atoms with E-state index in [1.165, 1.54) is 6.21 Å². The molecule has 0 saturated heterocycles. The molecule has 0 unspecified atom stereocenters. The molecular weight excluding hydrogens is 194 g/mol. The van der Waals surface area contributed by atoms with E-state index in [4.69, 9.17) is 11.1 Å². The van der Waals surface area contributed by atoms with Crippen molar-refractivity contribution in [2.24, 2.45) is 0 Å². The van der Waals surface area contributed by atoms with Crippen molar-refractivity contribution in [3.8, 4) is 0 Å². The maximum atomic E-state index is 6.95. The first-order valence-electron chi connectivity index (χ1n) is 2.66. The van der Waals surface area contributed by atoms with Crippen LogP contribution in [0.2, 0.25) is 0 Å². The lowest BCUT2D eigenvalue weighted by atomic mass is 10.3.